The van der Waals surface area contributed by atoms with E-state index in [-0.39, 0.29) is 35.6 Å². The standard InChI is InChI=1S/C21H23N3O4/c25-19-5-1-4-18-15-7-14(10-24(18)19)9-23(11-15)21(27)16-8-20(26)22(12-16)13-17-3-2-6-28-17/h1-6,14-16H,7-13H2. The molecule has 3 unspecified atom stereocenters. The lowest BCUT2D eigenvalue weighted by atomic mass is 9.82. The number of nitrogens with zero attached hydrogens (tertiary/aromatic N) is 3. The van der Waals surface area contributed by atoms with Crippen LogP contribution in [0.1, 0.15) is 30.2 Å². The molecular weight excluding hydrogens is 358 g/mol. The first-order chi connectivity index (χ1) is 13.6. The van der Waals surface area contributed by atoms with Crippen molar-refractivity contribution in [2.75, 3.05) is 19.6 Å². The second-order valence-electron chi connectivity index (χ2n) is 8.20. The first kappa shape index (κ1) is 17.3. The van der Waals surface area contributed by atoms with Crippen molar-refractivity contribution in [2.24, 2.45) is 11.8 Å². The van der Waals surface area contributed by atoms with Crippen LogP contribution in [0.4, 0.5) is 0 Å². The van der Waals surface area contributed by atoms with Gasteiger partial charge in [0.2, 0.25) is 11.8 Å². The fourth-order valence-corrected chi connectivity index (χ4v) is 5.02. The Morgan fingerprint density at radius 3 is 2.79 bits per heavy atom. The summed E-state index contributed by atoms with van der Waals surface area (Å²) in [7, 11) is 0. The Labute approximate surface area is 162 Å². The molecule has 2 aromatic rings. The molecule has 2 aromatic heterocycles. The van der Waals surface area contributed by atoms with Crippen molar-refractivity contribution in [3.05, 3.63) is 58.4 Å². The number of hydrogen-bond donors (Lipinski definition) is 0. The van der Waals surface area contributed by atoms with Gasteiger partial charge in [-0.15, -0.1) is 0 Å². The number of rotatable bonds is 3. The average Bonchev–Trinajstić information content (AvgIpc) is 3.32. The van der Waals surface area contributed by atoms with E-state index >= 15 is 0 Å². The molecule has 2 saturated heterocycles. The summed E-state index contributed by atoms with van der Waals surface area (Å²) in [5.41, 5.74) is 1.07. The van der Waals surface area contributed by atoms with Gasteiger partial charge in [-0.25, -0.2) is 0 Å². The molecule has 3 aliphatic heterocycles. The second kappa shape index (κ2) is 6.65. The summed E-state index contributed by atoms with van der Waals surface area (Å²) in [4.78, 5) is 41.3. The number of hydrogen-bond acceptors (Lipinski definition) is 4. The lowest BCUT2D eigenvalue weighted by Gasteiger charge is -2.43. The molecule has 146 valence electrons. The molecule has 28 heavy (non-hydrogen) atoms. The maximum Gasteiger partial charge on any atom is 0.250 e. The van der Waals surface area contributed by atoms with Gasteiger partial charge >= 0.3 is 0 Å². The fourth-order valence-electron chi connectivity index (χ4n) is 5.02. The number of likely N-dealkylation sites (tertiary alicyclic amines) is 2. The molecule has 3 atom stereocenters. The number of fused-ring (bicyclic) bond motifs is 4. The zero-order chi connectivity index (χ0) is 19.3. The van der Waals surface area contributed by atoms with Crippen LogP contribution in [-0.2, 0) is 22.7 Å². The lowest BCUT2D eigenvalue weighted by molar-refractivity contribution is -0.138. The van der Waals surface area contributed by atoms with Gasteiger partial charge in [-0.1, -0.05) is 6.07 Å². The third-order valence-electron chi connectivity index (χ3n) is 6.28. The van der Waals surface area contributed by atoms with Crippen LogP contribution >= 0.6 is 0 Å². The Bertz CT molecular complexity index is 964. The van der Waals surface area contributed by atoms with E-state index in [0.717, 1.165) is 17.9 Å². The Hall–Kier alpha value is -2.83. The Balaban J connectivity index is 1.29. The molecule has 5 heterocycles. The van der Waals surface area contributed by atoms with E-state index in [0.29, 0.717) is 38.6 Å². The minimum Gasteiger partial charge on any atom is -0.467 e. The predicted octanol–water partition coefficient (Wildman–Crippen LogP) is 1.44. The number of carbonyl (C=O) groups is 2. The molecule has 0 spiro atoms. The molecule has 2 bridgehead atoms. The van der Waals surface area contributed by atoms with Crippen molar-refractivity contribution in [2.45, 2.75) is 31.8 Å². The molecule has 0 aliphatic carbocycles. The minimum atomic E-state index is -0.292. The minimum absolute atomic E-state index is 0.00357. The monoisotopic (exact) mass is 381 g/mol. The molecule has 5 rings (SSSR count). The van der Waals surface area contributed by atoms with E-state index in [9.17, 15) is 14.4 Å². The number of amides is 2. The van der Waals surface area contributed by atoms with Crippen LogP contribution in [0.3, 0.4) is 0 Å². The van der Waals surface area contributed by atoms with Crippen molar-refractivity contribution in [1.82, 2.24) is 14.4 Å². The second-order valence-corrected chi connectivity index (χ2v) is 8.20. The Kier molecular flexibility index (Phi) is 4.10. The highest BCUT2D eigenvalue weighted by atomic mass is 16.3. The number of piperidine rings is 1. The van der Waals surface area contributed by atoms with Gasteiger partial charge in [0.05, 0.1) is 18.7 Å². The number of aromatic nitrogens is 1. The van der Waals surface area contributed by atoms with E-state index in [1.165, 1.54) is 0 Å². The van der Waals surface area contributed by atoms with Crippen molar-refractivity contribution in [3.8, 4) is 0 Å². The van der Waals surface area contributed by atoms with E-state index in [1.807, 2.05) is 21.6 Å². The van der Waals surface area contributed by atoms with Crippen LogP contribution < -0.4 is 5.56 Å². The van der Waals surface area contributed by atoms with Gasteiger partial charge in [-0.3, -0.25) is 14.4 Å². The summed E-state index contributed by atoms with van der Waals surface area (Å²) in [6, 6.07) is 9.05. The van der Waals surface area contributed by atoms with Crippen LogP contribution in [0, 0.1) is 11.8 Å². The summed E-state index contributed by atoms with van der Waals surface area (Å²) in [5.74, 6) is 1.00. The van der Waals surface area contributed by atoms with Gasteiger partial charge in [0.1, 0.15) is 5.76 Å². The highest BCUT2D eigenvalue weighted by Crippen LogP contribution is 2.36. The van der Waals surface area contributed by atoms with E-state index in [1.54, 1.807) is 29.4 Å². The predicted molar refractivity (Wildman–Crippen MR) is 100 cm³/mol. The third-order valence-corrected chi connectivity index (χ3v) is 6.28. The van der Waals surface area contributed by atoms with Crippen LogP contribution in [0.5, 0.6) is 0 Å². The molecule has 3 aliphatic rings. The smallest absolute Gasteiger partial charge is 0.250 e. The molecule has 0 radical (unpaired) electrons. The van der Waals surface area contributed by atoms with Crippen molar-refractivity contribution < 1.29 is 14.0 Å². The molecule has 2 amide bonds. The third kappa shape index (κ3) is 2.95. The summed E-state index contributed by atoms with van der Waals surface area (Å²) >= 11 is 0. The molecular formula is C21H23N3O4. The molecule has 7 nitrogen and oxygen atoms in total. The zero-order valence-corrected chi connectivity index (χ0v) is 15.6. The average molecular weight is 381 g/mol. The Morgan fingerprint density at radius 1 is 1.07 bits per heavy atom. The molecule has 0 N–H and O–H groups in total. The number of carbonyl (C=O) groups excluding carboxylic acids is 2. The molecule has 0 saturated carbocycles. The van der Waals surface area contributed by atoms with Crippen LogP contribution in [-0.4, -0.2) is 45.8 Å². The summed E-state index contributed by atoms with van der Waals surface area (Å²) in [6.07, 6.45) is 2.87. The normalized spacial score (nSPS) is 26.4. The lowest BCUT2D eigenvalue weighted by Crippen LogP contribution is -2.50. The summed E-state index contributed by atoms with van der Waals surface area (Å²) in [6.45, 7) is 2.82. The topological polar surface area (TPSA) is 75.8 Å². The SMILES string of the molecule is O=C1CC(C(=O)N2CC3CC(C2)c2cccc(=O)n2C3)CN1Cc1ccco1. The molecule has 2 fully saturated rings. The summed E-state index contributed by atoms with van der Waals surface area (Å²) in [5, 5.41) is 0. The van der Waals surface area contributed by atoms with Crippen LogP contribution in [0.25, 0.3) is 0 Å². The van der Waals surface area contributed by atoms with E-state index < -0.39 is 0 Å². The quantitative estimate of drug-likeness (QED) is 0.806. The van der Waals surface area contributed by atoms with E-state index in [2.05, 4.69) is 0 Å². The van der Waals surface area contributed by atoms with E-state index in [4.69, 9.17) is 4.42 Å². The first-order valence-corrected chi connectivity index (χ1v) is 9.87. The maximum atomic E-state index is 13.2. The maximum absolute atomic E-state index is 13.2. The molecule has 7 heteroatoms. The zero-order valence-electron chi connectivity index (χ0n) is 15.6. The van der Waals surface area contributed by atoms with Gasteiger partial charge in [0, 0.05) is 50.3 Å². The Morgan fingerprint density at radius 2 is 1.96 bits per heavy atom. The number of furan rings is 1. The van der Waals surface area contributed by atoms with Crippen molar-refractivity contribution in [3.63, 3.8) is 0 Å². The van der Waals surface area contributed by atoms with Gasteiger partial charge < -0.3 is 18.8 Å². The fraction of sp³-hybridized carbons (Fsp3) is 0.476. The molecule has 0 aromatic carbocycles. The van der Waals surface area contributed by atoms with Crippen LogP contribution in [0.2, 0.25) is 0 Å². The highest BCUT2D eigenvalue weighted by Gasteiger charge is 2.41. The van der Waals surface area contributed by atoms with Gasteiger partial charge in [-0.05, 0) is 30.5 Å². The van der Waals surface area contributed by atoms with Gasteiger partial charge in [0.25, 0.3) is 5.56 Å². The summed E-state index contributed by atoms with van der Waals surface area (Å²) < 4.78 is 7.20. The van der Waals surface area contributed by atoms with Crippen molar-refractivity contribution >= 4 is 11.8 Å². The van der Waals surface area contributed by atoms with Gasteiger partial charge in [0.15, 0.2) is 0 Å². The first-order valence-electron chi connectivity index (χ1n) is 9.87. The van der Waals surface area contributed by atoms with Crippen molar-refractivity contribution in [1.29, 1.82) is 0 Å². The van der Waals surface area contributed by atoms with Gasteiger partial charge in [-0.2, -0.15) is 0 Å². The highest BCUT2D eigenvalue weighted by molar-refractivity contribution is 5.89. The number of pyridine rings is 1. The van der Waals surface area contributed by atoms with Crippen LogP contribution in [0.15, 0.2) is 45.8 Å². The largest absolute Gasteiger partial charge is 0.467 e.